The zero-order chi connectivity index (χ0) is 13.0. The van der Waals surface area contributed by atoms with Crippen LogP contribution in [-0.4, -0.2) is 42.5 Å². The standard InChI is InChI=1S/C15H25N3/c1-3-8-17-9-11-18(12-10-17)13(2)14-4-6-15(16)7-5-14/h4-7,13H,3,8-12,16H2,1-2H3. The van der Waals surface area contributed by atoms with Crippen molar-refractivity contribution in [2.24, 2.45) is 0 Å². The minimum absolute atomic E-state index is 0.495. The number of rotatable bonds is 4. The van der Waals surface area contributed by atoms with Gasteiger partial charge in [-0.1, -0.05) is 19.1 Å². The Morgan fingerprint density at radius 3 is 2.28 bits per heavy atom. The van der Waals surface area contributed by atoms with Gasteiger partial charge in [0.1, 0.15) is 0 Å². The van der Waals surface area contributed by atoms with Crippen molar-refractivity contribution in [2.45, 2.75) is 26.3 Å². The van der Waals surface area contributed by atoms with Crippen molar-refractivity contribution in [2.75, 3.05) is 38.5 Å². The largest absolute Gasteiger partial charge is 0.399 e. The lowest BCUT2D eigenvalue weighted by Crippen LogP contribution is -2.47. The molecule has 3 heteroatoms. The Morgan fingerprint density at radius 1 is 1.11 bits per heavy atom. The summed E-state index contributed by atoms with van der Waals surface area (Å²) in [6, 6.07) is 8.80. The highest BCUT2D eigenvalue weighted by Crippen LogP contribution is 2.22. The van der Waals surface area contributed by atoms with E-state index in [0.29, 0.717) is 6.04 Å². The van der Waals surface area contributed by atoms with Gasteiger partial charge >= 0.3 is 0 Å². The van der Waals surface area contributed by atoms with Gasteiger partial charge in [-0.3, -0.25) is 4.90 Å². The molecule has 2 N–H and O–H groups in total. The van der Waals surface area contributed by atoms with Gasteiger partial charge in [-0.25, -0.2) is 0 Å². The van der Waals surface area contributed by atoms with E-state index in [1.54, 1.807) is 0 Å². The SMILES string of the molecule is CCCN1CCN(C(C)c2ccc(N)cc2)CC1. The van der Waals surface area contributed by atoms with Gasteiger partial charge in [0, 0.05) is 37.9 Å². The summed E-state index contributed by atoms with van der Waals surface area (Å²) in [5, 5.41) is 0. The number of hydrogen-bond donors (Lipinski definition) is 1. The molecule has 1 aromatic carbocycles. The predicted octanol–water partition coefficient (Wildman–Crippen LogP) is 2.36. The molecule has 0 amide bonds. The fourth-order valence-corrected chi connectivity index (χ4v) is 2.68. The van der Waals surface area contributed by atoms with Crippen molar-refractivity contribution in [3.63, 3.8) is 0 Å². The van der Waals surface area contributed by atoms with E-state index in [1.165, 1.54) is 44.7 Å². The van der Waals surface area contributed by atoms with Crippen LogP contribution in [0.2, 0.25) is 0 Å². The first kappa shape index (κ1) is 13.4. The van der Waals surface area contributed by atoms with Crippen LogP contribution >= 0.6 is 0 Å². The Bertz CT molecular complexity index is 353. The highest BCUT2D eigenvalue weighted by molar-refractivity contribution is 5.40. The third-order valence-corrected chi connectivity index (χ3v) is 3.91. The minimum Gasteiger partial charge on any atom is -0.399 e. The number of anilines is 1. The summed E-state index contributed by atoms with van der Waals surface area (Å²) in [5.74, 6) is 0. The van der Waals surface area contributed by atoms with Crippen molar-refractivity contribution < 1.29 is 0 Å². The number of nitrogens with two attached hydrogens (primary N) is 1. The van der Waals surface area contributed by atoms with E-state index >= 15 is 0 Å². The van der Waals surface area contributed by atoms with E-state index in [4.69, 9.17) is 5.73 Å². The highest BCUT2D eigenvalue weighted by atomic mass is 15.3. The first-order valence-electron chi connectivity index (χ1n) is 7.02. The molecule has 0 bridgehead atoms. The van der Waals surface area contributed by atoms with E-state index in [2.05, 4.69) is 35.8 Å². The monoisotopic (exact) mass is 247 g/mol. The summed E-state index contributed by atoms with van der Waals surface area (Å²) < 4.78 is 0. The summed E-state index contributed by atoms with van der Waals surface area (Å²) in [4.78, 5) is 5.13. The van der Waals surface area contributed by atoms with Gasteiger partial charge < -0.3 is 10.6 Å². The molecule has 1 aliphatic heterocycles. The first-order chi connectivity index (χ1) is 8.70. The first-order valence-corrected chi connectivity index (χ1v) is 7.02. The zero-order valence-corrected chi connectivity index (χ0v) is 11.6. The molecule has 1 fully saturated rings. The second-order valence-electron chi connectivity index (χ2n) is 5.22. The summed E-state index contributed by atoms with van der Waals surface area (Å²) in [6.45, 7) is 10.5. The molecule has 1 atom stereocenters. The van der Waals surface area contributed by atoms with Crippen LogP contribution in [0.4, 0.5) is 5.69 Å². The van der Waals surface area contributed by atoms with Gasteiger partial charge in [0.05, 0.1) is 0 Å². The molecule has 0 aliphatic carbocycles. The Hall–Kier alpha value is -1.06. The van der Waals surface area contributed by atoms with E-state index in [0.717, 1.165) is 5.69 Å². The van der Waals surface area contributed by atoms with Crippen molar-refractivity contribution in [3.8, 4) is 0 Å². The fraction of sp³-hybridized carbons (Fsp3) is 0.600. The molecule has 1 unspecified atom stereocenters. The van der Waals surface area contributed by atoms with Crippen LogP contribution in [0.5, 0.6) is 0 Å². The van der Waals surface area contributed by atoms with E-state index in [9.17, 15) is 0 Å². The van der Waals surface area contributed by atoms with E-state index in [-0.39, 0.29) is 0 Å². The highest BCUT2D eigenvalue weighted by Gasteiger charge is 2.21. The molecule has 1 heterocycles. The molecule has 1 aliphatic rings. The summed E-state index contributed by atoms with van der Waals surface area (Å²) in [6.07, 6.45) is 1.26. The average Bonchev–Trinajstić information content (AvgIpc) is 2.40. The number of nitrogen functional groups attached to an aromatic ring is 1. The molecule has 18 heavy (non-hydrogen) atoms. The molecule has 0 radical (unpaired) electrons. The third-order valence-electron chi connectivity index (χ3n) is 3.91. The third kappa shape index (κ3) is 3.24. The van der Waals surface area contributed by atoms with Crippen molar-refractivity contribution in [1.29, 1.82) is 0 Å². The maximum Gasteiger partial charge on any atom is 0.0320 e. The Kier molecular flexibility index (Phi) is 4.61. The van der Waals surface area contributed by atoms with Crippen molar-refractivity contribution in [3.05, 3.63) is 29.8 Å². The van der Waals surface area contributed by atoms with E-state index in [1.807, 2.05) is 12.1 Å². The van der Waals surface area contributed by atoms with Crippen LogP contribution in [0.1, 0.15) is 31.9 Å². The molecule has 0 spiro atoms. The smallest absolute Gasteiger partial charge is 0.0320 e. The molecule has 1 aromatic rings. The van der Waals surface area contributed by atoms with Gasteiger partial charge in [0.2, 0.25) is 0 Å². The lowest BCUT2D eigenvalue weighted by Gasteiger charge is -2.38. The normalized spacial score (nSPS) is 19.9. The van der Waals surface area contributed by atoms with Crippen molar-refractivity contribution >= 4 is 5.69 Å². The van der Waals surface area contributed by atoms with Crippen LogP contribution in [0.15, 0.2) is 24.3 Å². The van der Waals surface area contributed by atoms with Crippen LogP contribution < -0.4 is 5.73 Å². The van der Waals surface area contributed by atoms with Crippen LogP contribution in [0, 0.1) is 0 Å². The molecular weight excluding hydrogens is 222 g/mol. The lowest BCUT2D eigenvalue weighted by molar-refractivity contribution is 0.102. The summed E-state index contributed by atoms with van der Waals surface area (Å²) in [7, 11) is 0. The second kappa shape index (κ2) is 6.21. The molecular formula is C15H25N3. The van der Waals surface area contributed by atoms with Crippen LogP contribution in [0.3, 0.4) is 0 Å². The minimum atomic E-state index is 0.495. The molecule has 0 saturated carbocycles. The van der Waals surface area contributed by atoms with Gasteiger partial charge in [-0.05, 0) is 37.6 Å². The van der Waals surface area contributed by atoms with Crippen molar-refractivity contribution in [1.82, 2.24) is 9.80 Å². The maximum absolute atomic E-state index is 5.74. The molecule has 100 valence electrons. The summed E-state index contributed by atoms with van der Waals surface area (Å²) >= 11 is 0. The number of hydrogen-bond acceptors (Lipinski definition) is 3. The van der Waals surface area contributed by atoms with E-state index < -0.39 is 0 Å². The number of benzene rings is 1. The molecule has 1 saturated heterocycles. The Labute approximate surface area is 111 Å². The number of nitrogens with zero attached hydrogens (tertiary/aromatic N) is 2. The van der Waals surface area contributed by atoms with Gasteiger partial charge in [-0.2, -0.15) is 0 Å². The number of piperazine rings is 1. The maximum atomic E-state index is 5.74. The zero-order valence-electron chi connectivity index (χ0n) is 11.6. The second-order valence-corrected chi connectivity index (χ2v) is 5.22. The average molecular weight is 247 g/mol. The van der Waals surface area contributed by atoms with Crippen LogP contribution in [-0.2, 0) is 0 Å². The Balaban J connectivity index is 1.91. The topological polar surface area (TPSA) is 32.5 Å². The fourth-order valence-electron chi connectivity index (χ4n) is 2.68. The van der Waals surface area contributed by atoms with Crippen LogP contribution in [0.25, 0.3) is 0 Å². The quantitative estimate of drug-likeness (QED) is 0.829. The molecule has 0 aromatic heterocycles. The van der Waals surface area contributed by atoms with Gasteiger partial charge in [0.15, 0.2) is 0 Å². The van der Waals surface area contributed by atoms with Gasteiger partial charge in [0.25, 0.3) is 0 Å². The van der Waals surface area contributed by atoms with Gasteiger partial charge in [-0.15, -0.1) is 0 Å². The summed E-state index contributed by atoms with van der Waals surface area (Å²) in [5.41, 5.74) is 7.95. The lowest BCUT2D eigenvalue weighted by atomic mass is 10.1. The Morgan fingerprint density at radius 2 is 1.72 bits per heavy atom. The molecule has 3 nitrogen and oxygen atoms in total. The molecule has 2 rings (SSSR count). The predicted molar refractivity (Wildman–Crippen MR) is 77.6 cm³/mol.